The predicted octanol–water partition coefficient (Wildman–Crippen LogP) is 3.10. The minimum atomic E-state index is 0.764. The van der Waals surface area contributed by atoms with Crippen LogP contribution in [0.3, 0.4) is 0 Å². The molecular weight excluding hydrogens is 264 g/mol. The summed E-state index contributed by atoms with van der Waals surface area (Å²) in [6, 6.07) is 10.4. The van der Waals surface area contributed by atoms with Crippen LogP contribution in [0.4, 0.5) is 5.69 Å². The minimum Gasteiger partial charge on any atom is -0.491 e. The van der Waals surface area contributed by atoms with E-state index in [1.807, 2.05) is 26.1 Å². The summed E-state index contributed by atoms with van der Waals surface area (Å²) < 4.78 is 11.6. The Kier molecular flexibility index (Phi) is 4.15. The molecule has 0 saturated heterocycles. The third kappa shape index (κ3) is 3.05. The van der Waals surface area contributed by atoms with E-state index in [2.05, 4.69) is 28.4 Å². The number of rotatable bonds is 4. The van der Waals surface area contributed by atoms with Crippen molar-refractivity contribution in [1.29, 1.82) is 0 Å². The van der Waals surface area contributed by atoms with Crippen molar-refractivity contribution < 1.29 is 9.15 Å². The van der Waals surface area contributed by atoms with E-state index in [9.17, 15) is 0 Å². The van der Waals surface area contributed by atoms with Gasteiger partial charge < -0.3 is 19.4 Å². The van der Waals surface area contributed by atoms with Crippen molar-refractivity contribution in [3.8, 4) is 5.75 Å². The molecule has 0 radical (unpaired) electrons. The number of hydrogen-bond acceptors (Lipinski definition) is 4. The molecule has 2 heterocycles. The van der Waals surface area contributed by atoms with Crippen molar-refractivity contribution in [1.82, 2.24) is 5.32 Å². The minimum absolute atomic E-state index is 0.764. The highest BCUT2D eigenvalue weighted by atomic mass is 16.5. The van der Waals surface area contributed by atoms with Crippen LogP contribution in [0.25, 0.3) is 0 Å². The number of aryl methyl sites for hydroxylation is 1. The van der Waals surface area contributed by atoms with Gasteiger partial charge in [-0.25, -0.2) is 0 Å². The summed E-state index contributed by atoms with van der Waals surface area (Å²) in [6.45, 7) is 5.45. The number of fused-ring (bicyclic) bond motifs is 1. The summed E-state index contributed by atoms with van der Waals surface area (Å²) >= 11 is 0. The number of ether oxygens (including phenoxy) is 1. The van der Waals surface area contributed by atoms with Crippen molar-refractivity contribution in [2.75, 3.05) is 25.1 Å². The molecule has 0 aliphatic carbocycles. The highest BCUT2D eigenvalue weighted by Gasteiger charge is 2.18. The first-order chi connectivity index (χ1) is 10.3. The van der Waals surface area contributed by atoms with Crippen LogP contribution in [0, 0.1) is 6.92 Å². The molecule has 0 saturated carbocycles. The maximum Gasteiger partial charge on any atom is 0.142 e. The van der Waals surface area contributed by atoms with Gasteiger partial charge in [0.25, 0.3) is 0 Å². The molecule has 4 nitrogen and oxygen atoms in total. The fourth-order valence-corrected chi connectivity index (χ4v) is 2.77. The van der Waals surface area contributed by atoms with Crippen molar-refractivity contribution >= 4 is 5.69 Å². The lowest BCUT2D eigenvalue weighted by Crippen LogP contribution is -2.23. The number of benzene rings is 1. The highest BCUT2D eigenvalue weighted by Crippen LogP contribution is 2.32. The van der Waals surface area contributed by atoms with Crippen molar-refractivity contribution in [3.05, 3.63) is 47.4 Å². The first-order valence-electron chi connectivity index (χ1n) is 7.47. The molecule has 0 bridgehead atoms. The van der Waals surface area contributed by atoms with Crippen LogP contribution >= 0.6 is 0 Å². The zero-order valence-electron chi connectivity index (χ0n) is 12.7. The smallest absolute Gasteiger partial charge is 0.142 e. The fourth-order valence-electron chi connectivity index (χ4n) is 2.77. The molecule has 0 amide bonds. The van der Waals surface area contributed by atoms with Gasteiger partial charge in [0.1, 0.15) is 17.3 Å². The molecule has 1 aromatic carbocycles. The summed E-state index contributed by atoms with van der Waals surface area (Å²) in [7, 11) is 1.93. The molecule has 4 heteroatoms. The Morgan fingerprint density at radius 2 is 2.14 bits per heavy atom. The van der Waals surface area contributed by atoms with E-state index in [-0.39, 0.29) is 0 Å². The molecule has 0 spiro atoms. The molecule has 1 aliphatic heterocycles. The average Bonchev–Trinajstić information content (AvgIpc) is 2.71. The third-order valence-electron chi connectivity index (χ3n) is 3.82. The standard InChI is InChI=1S/C17H22N2O2/c1-13-14(10-15(21-13)11-18-2)12-19-8-5-9-20-17-7-4-3-6-16(17)19/h3-4,6-7,10,18H,5,8-9,11-12H2,1-2H3. The van der Waals surface area contributed by atoms with Crippen molar-refractivity contribution in [2.24, 2.45) is 0 Å². The van der Waals surface area contributed by atoms with E-state index in [1.54, 1.807) is 0 Å². The van der Waals surface area contributed by atoms with E-state index in [0.717, 1.165) is 49.9 Å². The fraction of sp³-hybridized carbons (Fsp3) is 0.412. The molecule has 1 aliphatic rings. The summed E-state index contributed by atoms with van der Waals surface area (Å²) in [5.74, 6) is 2.97. The second-order valence-electron chi connectivity index (χ2n) is 5.42. The zero-order valence-corrected chi connectivity index (χ0v) is 12.7. The van der Waals surface area contributed by atoms with Gasteiger partial charge in [-0.1, -0.05) is 12.1 Å². The van der Waals surface area contributed by atoms with E-state index >= 15 is 0 Å². The number of para-hydroxylation sites is 2. The summed E-state index contributed by atoms with van der Waals surface area (Å²) in [5.41, 5.74) is 2.42. The normalized spacial score (nSPS) is 14.5. The van der Waals surface area contributed by atoms with E-state index in [4.69, 9.17) is 9.15 Å². The molecule has 21 heavy (non-hydrogen) atoms. The second kappa shape index (κ2) is 6.22. The Balaban J connectivity index is 1.84. The van der Waals surface area contributed by atoms with Gasteiger partial charge in [-0.05, 0) is 38.6 Å². The molecule has 112 valence electrons. The average molecular weight is 286 g/mol. The first-order valence-corrected chi connectivity index (χ1v) is 7.47. The maximum atomic E-state index is 5.82. The quantitative estimate of drug-likeness (QED) is 0.937. The largest absolute Gasteiger partial charge is 0.491 e. The molecular formula is C17H22N2O2. The third-order valence-corrected chi connectivity index (χ3v) is 3.82. The lowest BCUT2D eigenvalue weighted by atomic mass is 10.2. The number of nitrogens with zero attached hydrogens (tertiary/aromatic N) is 1. The zero-order chi connectivity index (χ0) is 14.7. The Bertz CT molecular complexity index is 607. The number of furan rings is 1. The molecule has 2 aromatic rings. The SMILES string of the molecule is CNCc1cc(CN2CCCOc3ccccc32)c(C)o1. The summed E-state index contributed by atoms with van der Waals surface area (Å²) in [4.78, 5) is 2.38. The molecule has 1 N–H and O–H groups in total. The maximum absolute atomic E-state index is 5.82. The molecule has 0 unspecified atom stereocenters. The predicted molar refractivity (Wildman–Crippen MR) is 83.8 cm³/mol. The Morgan fingerprint density at radius 3 is 3.00 bits per heavy atom. The van der Waals surface area contributed by atoms with Crippen LogP contribution < -0.4 is 15.0 Å². The molecule has 0 fully saturated rings. The van der Waals surface area contributed by atoms with Gasteiger partial charge in [-0.2, -0.15) is 0 Å². The molecule has 3 rings (SSSR count). The van der Waals surface area contributed by atoms with E-state index in [0.29, 0.717) is 0 Å². The van der Waals surface area contributed by atoms with Gasteiger partial charge in [0.2, 0.25) is 0 Å². The molecule has 0 atom stereocenters. The highest BCUT2D eigenvalue weighted by molar-refractivity contribution is 5.59. The van der Waals surface area contributed by atoms with E-state index < -0.39 is 0 Å². The summed E-state index contributed by atoms with van der Waals surface area (Å²) in [5, 5.41) is 3.13. The van der Waals surface area contributed by atoms with Crippen LogP contribution in [0.15, 0.2) is 34.7 Å². The van der Waals surface area contributed by atoms with Gasteiger partial charge in [-0.3, -0.25) is 0 Å². The van der Waals surface area contributed by atoms with Gasteiger partial charge in [0, 0.05) is 18.7 Å². The summed E-state index contributed by atoms with van der Waals surface area (Å²) in [6.07, 6.45) is 1.04. The monoisotopic (exact) mass is 286 g/mol. The Labute approximate surface area is 125 Å². The Morgan fingerprint density at radius 1 is 1.29 bits per heavy atom. The van der Waals surface area contributed by atoms with Crippen LogP contribution in [0.2, 0.25) is 0 Å². The topological polar surface area (TPSA) is 37.6 Å². The van der Waals surface area contributed by atoms with Crippen molar-refractivity contribution in [2.45, 2.75) is 26.4 Å². The van der Waals surface area contributed by atoms with Crippen molar-refractivity contribution in [3.63, 3.8) is 0 Å². The van der Waals surface area contributed by atoms with Crippen LogP contribution in [0.1, 0.15) is 23.5 Å². The van der Waals surface area contributed by atoms with Gasteiger partial charge >= 0.3 is 0 Å². The lowest BCUT2D eigenvalue weighted by molar-refractivity contribution is 0.322. The van der Waals surface area contributed by atoms with Gasteiger partial charge in [0.05, 0.1) is 18.8 Å². The number of anilines is 1. The second-order valence-corrected chi connectivity index (χ2v) is 5.42. The van der Waals surface area contributed by atoms with Crippen LogP contribution in [0.5, 0.6) is 5.75 Å². The molecule has 1 aromatic heterocycles. The van der Waals surface area contributed by atoms with Crippen LogP contribution in [-0.4, -0.2) is 20.2 Å². The lowest BCUT2D eigenvalue weighted by Gasteiger charge is -2.23. The number of hydrogen-bond donors (Lipinski definition) is 1. The van der Waals surface area contributed by atoms with Gasteiger partial charge in [0.15, 0.2) is 0 Å². The first kappa shape index (κ1) is 14.0. The number of nitrogens with one attached hydrogen (secondary N) is 1. The van der Waals surface area contributed by atoms with Crippen LogP contribution in [-0.2, 0) is 13.1 Å². The van der Waals surface area contributed by atoms with Gasteiger partial charge in [-0.15, -0.1) is 0 Å². The Hall–Kier alpha value is -1.94. The van der Waals surface area contributed by atoms with E-state index in [1.165, 1.54) is 11.3 Å².